The molecule has 2 rings (SSSR count). The molecule has 1 atom stereocenters. The van der Waals surface area contributed by atoms with Gasteiger partial charge in [0.1, 0.15) is 0 Å². The number of rotatable bonds is 7. The first-order valence-corrected chi connectivity index (χ1v) is 7.85. The van der Waals surface area contributed by atoms with Crippen molar-refractivity contribution in [1.82, 2.24) is 5.32 Å². The van der Waals surface area contributed by atoms with Crippen molar-refractivity contribution in [2.45, 2.75) is 37.0 Å². The van der Waals surface area contributed by atoms with E-state index in [0.717, 1.165) is 18.5 Å². The SMILES string of the molecule is CCC(NCC1(SC)CC1)c1cccc([N+](=O)[O-])c1. The molecule has 1 saturated carbocycles. The molecule has 1 aromatic rings. The number of nitro groups is 1. The Morgan fingerprint density at radius 1 is 1.53 bits per heavy atom. The molecule has 1 aliphatic rings. The molecule has 0 aliphatic heterocycles. The van der Waals surface area contributed by atoms with E-state index < -0.39 is 0 Å². The second kappa shape index (κ2) is 5.92. The maximum Gasteiger partial charge on any atom is 0.269 e. The number of nitrogens with zero attached hydrogens (tertiary/aromatic N) is 1. The Hall–Kier alpha value is -1.07. The first-order chi connectivity index (χ1) is 9.10. The summed E-state index contributed by atoms with van der Waals surface area (Å²) in [5.41, 5.74) is 1.18. The Morgan fingerprint density at radius 2 is 2.26 bits per heavy atom. The van der Waals surface area contributed by atoms with Gasteiger partial charge >= 0.3 is 0 Å². The Labute approximate surface area is 118 Å². The number of benzene rings is 1. The van der Waals surface area contributed by atoms with Crippen LogP contribution in [0.3, 0.4) is 0 Å². The van der Waals surface area contributed by atoms with Crippen molar-refractivity contribution in [3.8, 4) is 0 Å². The Kier molecular flexibility index (Phi) is 4.47. The summed E-state index contributed by atoms with van der Waals surface area (Å²) in [6, 6.07) is 7.15. The van der Waals surface area contributed by atoms with Crippen LogP contribution in [0.2, 0.25) is 0 Å². The zero-order valence-electron chi connectivity index (χ0n) is 11.4. The Balaban J connectivity index is 2.04. The highest BCUT2D eigenvalue weighted by Crippen LogP contribution is 2.46. The Morgan fingerprint density at radius 3 is 2.79 bits per heavy atom. The monoisotopic (exact) mass is 280 g/mol. The molecule has 0 saturated heterocycles. The Bertz CT molecular complexity index is 461. The van der Waals surface area contributed by atoms with Crippen LogP contribution in [0.15, 0.2) is 24.3 Å². The van der Waals surface area contributed by atoms with E-state index in [2.05, 4.69) is 18.5 Å². The topological polar surface area (TPSA) is 55.2 Å². The van der Waals surface area contributed by atoms with Crippen molar-refractivity contribution in [1.29, 1.82) is 0 Å². The van der Waals surface area contributed by atoms with Crippen LogP contribution >= 0.6 is 11.8 Å². The van der Waals surface area contributed by atoms with Crippen molar-refractivity contribution < 1.29 is 4.92 Å². The van der Waals surface area contributed by atoms with Crippen LogP contribution < -0.4 is 5.32 Å². The summed E-state index contributed by atoms with van der Waals surface area (Å²) < 4.78 is 0.411. The van der Waals surface area contributed by atoms with Gasteiger partial charge in [0.15, 0.2) is 0 Å². The van der Waals surface area contributed by atoms with Gasteiger partial charge in [0.05, 0.1) is 4.92 Å². The summed E-state index contributed by atoms with van der Waals surface area (Å²) in [5, 5.41) is 14.4. The largest absolute Gasteiger partial charge is 0.309 e. The van der Waals surface area contributed by atoms with E-state index in [0.29, 0.717) is 4.75 Å². The molecule has 104 valence electrons. The smallest absolute Gasteiger partial charge is 0.269 e. The molecule has 0 spiro atoms. The molecule has 1 N–H and O–H groups in total. The summed E-state index contributed by atoms with van der Waals surface area (Å²) in [4.78, 5) is 10.5. The molecular formula is C14H20N2O2S. The molecule has 0 radical (unpaired) electrons. The fourth-order valence-electron chi connectivity index (χ4n) is 2.25. The lowest BCUT2D eigenvalue weighted by atomic mass is 10.0. The van der Waals surface area contributed by atoms with E-state index in [1.165, 1.54) is 12.8 Å². The predicted molar refractivity (Wildman–Crippen MR) is 79.6 cm³/mol. The van der Waals surface area contributed by atoms with Crippen LogP contribution in [-0.2, 0) is 0 Å². The third-order valence-corrected chi connectivity index (χ3v) is 5.22. The molecule has 1 fully saturated rings. The fraction of sp³-hybridized carbons (Fsp3) is 0.571. The highest BCUT2D eigenvalue weighted by atomic mass is 32.2. The molecule has 1 unspecified atom stereocenters. The van der Waals surface area contributed by atoms with E-state index in [4.69, 9.17) is 0 Å². The lowest BCUT2D eigenvalue weighted by Gasteiger charge is -2.21. The zero-order valence-corrected chi connectivity index (χ0v) is 12.2. The summed E-state index contributed by atoms with van der Waals surface area (Å²) >= 11 is 1.92. The van der Waals surface area contributed by atoms with Crippen molar-refractivity contribution in [2.24, 2.45) is 0 Å². The molecule has 4 nitrogen and oxygen atoms in total. The third-order valence-electron chi connectivity index (χ3n) is 3.80. The number of non-ortho nitro benzene ring substituents is 1. The highest BCUT2D eigenvalue weighted by molar-refractivity contribution is 8.00. The zero-order chi connectivity index (χ0) is 13.9. The fourth-order valence-corrected chi connectivity index (χ4v) is 2.99. The molecule has 5 heteroatoms. The van der Waals surface area contributed by atoms with Crippen LogP contribution in [0.1, 0.15) is 37.8 Å². The average Bonchev–Trinajstić information content (AvgIpc) is 3.20. The van der Waals surface area contributed by atoms with Gasteiger partial charge in [0, 0.05) is 29.5 Å². The molecule has 1 aromatic carbocycles. The van der Waals surface area contributed by atoms with Gasteiger partial charge in [-0.05, 0) is 31.1 Å². The van der Waals surface area contributed by atoms with Crippen molar-refractivity contribution in [3.63, 3.8) is 0 Å². The van der Waals surface area contributed by atoms with E-state index in [9.17, 15) is 10.1 Å². The minimum Gasteiger partial charge on any atom is -0.309 e. The average molecular weight is 280 g/mol. The van der Waals surface area contributed by atoms with Gasteiger partial charge in [-0.2, -0.15) is 11.8 Å². The van der Waals surface area contributed by atoms with Gasteiger partial charge in [-0.15, -0.1) is 0 Å². The van der Waals surface area contributed by atoms with E-state index in [1.54, 1.807) is 18.2 Å². The quantitative estimate of drug-likeness (QED) is 0.613. The summed E-state index contributed by atoms with van der Waals surface area (Å²) in [7, 11) is 0. The second-order valence-electron chi connectivity index (χ2n) is 5.08. The van der Waals surface area contributed by atoms with Crippen LogP contribution in [0.5, 0.6) is 0 Å². The molecule has 0 bridgehead atoms. The lowest BCUT2D eigenvalue weighted by molar-refractivity contribution is -0.384. The molecule has 0 heterocycles. The van der Waals surface area contributed by atoms with Gasteiger partial charge in [0.25, 0.3) is 5.69 Å². The normalized spacial score (nSPS) is 18.0. The second-order valence-corrected chi connectivity index (χ2v) is 6.36. The maximum absolute atomic E-state index is 10.8. The molecule has 0 amide bonds. The third kappa shape index (κ3) is 3.48. The number of nitro benzene ring substituents is 1. The van der Waals surface area contributed by atoms with Crippen molar-refractivity contribution >= 4 is 17.4 Å². The highest BCUT2D eigenvalue weighted by Gasteiger charge is 2.41. The number of hydrogen-bond donors (Lipinski definition) is 1. The number of nitrogens with one attached hydrogen (secondary N) is 1. The van der Waals surface area contributed by atoms with E-state index >= 15 is 0 Å². The van der Waals surface area contributed by atoms with E-state index in [-0.39, 0.29) is 16.7 Å². The van der Waals surface area contributed by atoms with Gasteiger partial charge in [-0.3, -0.25) is 10.1 Å². The molecule has 0 aromatic heterocycles. The van der Waals surface area contributed by atoms with Crippen LogP contribution in [0.4, 0.5) is 5.69 Å². The van der Waals surface area contributed by atoms with Crippen molar-refractivity contribution in [2.75, 3.05) is 12.8 Å². The molecule has 19 heavy (non-hydrogen) atoms. The van der Waals surface area contributed by atoms with Gasteiger partial charge in [-0.25, -0.2) is 0 Å². The standard InChI is InChI=1S/C14H20N2O2S/c1-3-13(15-10-14(19-2)7-8-14)11-5-4-6-12(9-11)16(17)18/h4-6,9,13,15H,3,7-8,10H2,1-2H3. The van der Waals surface area contributed by atoms with Gasteiger partial charge in [-0.1, -0.05) is 19.1 Å². The number of thioether (sulfide) groups is 1. The first kappa shape index (κ1) is 14.3. The summed E-state index contributed by atoms with van der Waals surface area (Å²) in [6.07, 6.45) is 5.63. The predicted octanol–water partition coefficient (Wildman–Crippen LogP) is 3.53. The van der Waals surface area contributed by atoms with Crippen LogP contribution in [0.25, 0.3) is 0 Å². The van der Waals surface area contributed by atoms with Gasteiger partial charge < -0.3 is 5.32 Å². The molecule has 1 aliphatic carbocycles. The van der Waals surface area contributed by atoms with Crippen LogP contribution in [0, 0.1) is 10.1 Å². The molecular weight excluding hydrogens is 260 g/mol. The van der Waals surface area contributed by atoms with Crippen molar-refractivity contribution in [3.05, 3.63) is 39.9 Å². The van der Waals surface area contributed by atoms with Crippen LogP contribution in [-0.4, -0.2) is 22.5 Å². The van der Waals surface area contributed by atoms with E-state index in [1.807, 2.05) is 17.8 Å². The van der Waals surface area contributed by atoms with Gasteiger partial charge in [0.2, 0.25) is 0 Å². The lowest BCUT2D eigenvalue weighted by Crippen LogP contribution is -2.29. The minimum atomic E-state index is -0.333. The summed E-state index contributed by atoms with van der Waals surface area (Å²) in [6.45, 7) is 3.09. The first-order valence-electron chi connectivity index (χ1n) is 6.63. The number of hydrogen-bond acceptors (Lipinski definition) is 4. The maximum atomic E-state index is 10.8. The summed E-state index contributed by atoms with van der Waals surface area (Å²) in [5.74, 6) is 0. The minimum absolute atomic E-state index is 0.170.